The molecule has 0 aliphatic heterocycles. The number of hydrogen-bond donors (Lipinski definition) is 2. The van der Waals surface area contributed by atoms with E-state index in [9.17, 15) is 5.11 Å². The fraction of sp³-hybridized carbons (Fsp3) is 0.214. The number of rotatable bonds is 5. The zero-order chi connectivity index (χ0) is 13.7. The summed E-state index contributed by atoms with van der Waals surface area (Å²) in [6.45, 7) is -0.130. The second kappa shape index (κ2) is 6.39. The summed E-state index contributed by atoms with van der Waals surface area (Å²) in [4.78, 5) is 4.20. The van der Waals surface area contributed by atoms with Crippen LogP contribution in [0, 0.1) is 0 Å². The summed E-state index contributed by atoms with van der Waals surface area (Å²) in [5.74, 6) is 0.504. The summed E-state index contributed by atoms with van der Waals surface area (Å²) in [6.07, 6.45) is 1.69. The van der Waals surface area contributed by atoms with Gasteiger partial charge in [0.1, 0.15) is 5.03 Å². The minimum atomic E-state index is -0.799. The summed E-state index contributed by atoms with van der Waals surface area (Å²) in [6, 6.07) is 13.1. The summed E-state index contributed by atoms with van der Waals surface area (Å²) in [5, 5.41) is 10.9. The lowest BCUT2D eigenvalue weighted by molar-refractivity contribution is 0.213. The number of thioether (sulfide) groups is 1. The fourth-order valence-corrected chi connectivity index (χ4v) is 2.94. The van der Waals surface area contributed by atoms with E-state index in [-0.39, 0.29) is 6.61 Å². The first-order valence-corrected chi connectivity index (χ1v) is 7.21. The van der Waals surface area contributed by atoms with Crippen LogP contribution in [-0.2, 0) is 5.54 Å². The monoisotopic (exact) mass is 294 g/mol. The molecule has 0 saturated heterocycles. The molecule has 2 aromatic rings. The predicted molar refractivity (Wildman–Crippen MR) is 79.4 cm³/mol. The number of halogens is 1. The van der Waals surface area contributed by atoms with Crippen molar-refractivity contribution in [2.24, 2.45) is 5.73 Å². The van der Waals surface area contributed by atoms with Crippen molar-refractivity contribution >= 4 is 23.4 Å². The summed E-state index contributed by atoms with van der Waals surface area (Å²) in [5.41, 5.74) is 6.38. The largest absolute Gasteiger partial charge is 0.394 e. The van der Waals surface area contributed by atoms with E-state index in [0.717, 1.165) is 10.6 Å². The van der Waals surface area contributed by atoms with E-state index in [1.807, 2.05) is 30.3 Å². The van der Waals surface area contributed by atoms with Crippen LogP contribution in [0.1, 0.15) is 5.56 Å². The maximum atomic E-state index is 9.59. The highest BCUT2D eigenvalue weighted by molar-refractivity contribution is 7.99. The Morgan fingerprint density at radius 3 is 2.58 bits per heavy atom. The Balaban J connectivity index is 2.14. The molecule has 3 N–H and O–H groups in total. The summed E-state index contributed by atoms with van der Waals surface area (Å²) in [7, 11) is 0. The molecule has 2 rings (SSSR count). The zero-order valence-electron chi connectivity index (χ0n) is 10.3. The minimum absolute atomic E-state index is 0.130. The molecule has 0 aliphatic carbocycles. The molecule has 0 amide bonds. The molecular weight excluding hydrogens is 280 g/mol. The highest BCUT2D eigenvalue weighted by Gasteiger charge is 2.27. The van der Waals surface area contributed by atoms with E-state index >= 15 is 0 Å². The number of hydrogen-bond acceptors (Lipinski definition) is 4. The van der Waals surface area contributed by atoms with Crippen molar-refractivity contribution in [2.45, 2.75) is 10.6 Å². The Morgan fingerprint density at radius 1 is 1.21 bits per heavy atom. The van der Waals surface area contributed by atoms with Gasteiger partial charge in [-0.1, -0.05) is 41.9 Å². The van der Waals surface area contributed by atoms with Gasteiger partial charge in [-0.05, 0) is 17.7 Å². The van der Waals surface area contributed by atoms with Gasteiger partial charge in [-0.25, -0.2) is 4.98 Å². The quantitative estimate of drug-likeness (QED) is 0.833. The fourth-order valence-electron chi connectivity index (χ4n) is 1.66. The van der Waals surface area contributed by atoms with Crippen LogP contribution < -0.4 is 5.73 Å². The van der Waals surface area contributed by atoms with Crippen molar-refractivity contribution in [3.05, 3.63) is 59.2 Å². The van der Waals surface area contributed by atoms with Crippen molar-refractivity contribution in [3.8, 4) is 0 Å². The maximum Gasteiger partial charge on any atom is 0.115 e. The highest BCUT2D eigenvalue weighted by Crippen LogP contribution is 2.30. The Hall–Kier alpha value is -1.07. The SMILES string of the molecule is NC(CO)(CSc1ncccc1Cl)c1ccccc1. The second-order valence-electron chi connectivity index (χ2n) is 4.26. The average molecular weight is 295 g/mol. The number of nitrogens with zero attached hydrogens (tertiary/aromatic N) is 1. The summed E-state index contributed by atoms with van der Waals surface area (Å²) >= 11 is 7.50. The molecule has 0 radical (unpaired) electrons. The molecule has 3 nitrogen and oxygen atoms in total. The van der Waals surface area contributed by atoms with Crippen LogP contribution in [0.2, 0.25) is 5.02 Å². The zero-order valence-corrected chi connectivity index (χ0v) is 11.9. The lowest BCUT2D eigenvalue weighted by atomic mass is 9.94. The van der Waals surface area contributed by atoms with Crippen LogP contribution in [-0.4, -0.2) is 22.5 Å². The van der Waals surface area contributed by atoms with Crippen molar-refractivity contribution in [1.29, 1.82) is 0 Å². The van der Waals surface area contributed by atoms with E-state index < -0.39 is 5.54 Å². The average Bonchev–Trinajstić information content (AvgIpc) is 2.47. The molecule has 0 bridgehead atoms. The van der Waals surface area contributed by atoms with Crippen LogP contribution in [0.25, 0.3) is 0 Å². The number of benzene rings is 1. The van der Waals surface area contributed by atoms with E-state index in [4.69, 9.17) is 17.3 Å². The van der Waals surface area contributed by atoms with Crippen molar-refractivity contribution < 1.29 is 5.11 Å². The third-order valence-corrected chi connectivity index (χ3v) is 4.50. The molecule has 1 aromatic heterocycles. The van der Waals surface area contributed by atoms with Crippen LogP contribution in [0.4, 0.5) is 0 Å². The molecule has 0 spiro atoms. The van der Waals surface area contributed by atoms with Gasteiger partial charge in [0, 0.05) is 11.9 Å². The van der Waals surface area contributed by atoms with Crippen LogP contribution in [0.5, 0.6) is 0 Å². The number of aromatic nitrogens is 1. The highest BCUT2D eigenvalue weighted by atomic mass is 35.5. The van der Waals surface area contributed by atoms with Crippen molar-refractivity contribution in [3.63, 3.8) is 0 Å². The lowest BCUT2D eigenvalue weighted by Crippen LogP contribution is -2.43. The van der Waals surface area contributed by atoms with Gasteiger partial charge in [-0.2, -0.15) is 0 Å². The molecular formula is C14H15ClN2OS. The second-order valence-corrected chi connectivity index (χ2v) is 5.63. The maximum absolute atomic E-state index is 9.59. The van der Waals surface area contributed by atoms with Crippen LogP contribution in [0.15, 0.2) is 53.7 Å². The van der Waals surface area contributed by atoms with Gasteiger partial charge in [-0.15, -0.1) is 11.8 Å². The normalized spacial score (nSPS) is 14.1. The molecule has 5 heteroatoms. The van der Waals surface area contributed by atoms with E-state index in [2.05, 4.69) is 4.98 Å². The Morgan fingerprint density at radius 2 is 1.95 bits per heavy atom. The first kappa shape index (κ1) is 14.3. The third kappa shape index (κ3) is 3.48. The predicted octanol–water partition coefficient (Wildman–Crippen LogP) is 2.67. The lowest BCUT2D eigenvalue weighted by Gasteiger charge is -2.27. The number of aliphatic hydroxyl groups excluding tert-OH is 1. The number of aliphatic hydroxyl groups is 1. The Kier molecular flexibility index (Phi) is 4.82. The molecule has 1 heterocycles. The minimum Gasteiger partial charge on any atom is -0.394 e. The number of pyridine rings is 1. The van der Waals surface area contributed by atoms with Gasteiger partial charge in [0.25, 0.3) is 0 Å². The van der Waals surface area contributed by atoms with Crippen molar-refractivity contribution in [1.82, 2.24) is 4.98 Å². The molecule has 0 fully saturated rings. The molecule has 1 unspecified atom stereocenters. The van der Waals surface area contributed by atoms with E-state index in [0.29, 0.717) is 10.8 Å². The Bertz CT molecular complexity index is 538. The first-order valence-electron chi connectivity index (χ1n) is 5.84. The van der Waals surface area contributed by atoms with Gasteiger partial charge in [0.15, 0.2) is 0 Å². The molecule has 19 heavy (non-hydrogen) atoms. The molecule has 1 aromatic carbocycles. The van der Waals surface area contributed by atoms with E-state index in [1.54, 1.807) is 18.3 Å². The van der Waals surface area contributed by atoms with Gasteiger partial charge < -0.3 is 10.8 Å². The first-order chi connectivity index (χ1) is 9.15. The summed E-state index contributed by atoms with van der Waals surface area (Å²) < 4.78 is 0. The van der Waals surface area contributed by atoms with Gasteiger partial charge in [-0.3, -0.25) is 0 Å². The van der Waals surface area contributed by atoms with E-state index in [1.165, 1.54) is 11.8 Å². The van der Waals surface area contributed by atoms with Gasteiger partial charge >= 0.3 is 0 Å². The van der Waals surface area contributed by atoms with Crippen LogP contribution >= 0.6 is 23.4 Å². The molecule has 0 saturated carbocycles. The van der Waals surface area contributed by atoms with Gasteiger partial charge in [0.2, 0.25) is 0 Å². The molecule has 100 valence electrons. The third-order valence-electron chi connectivity index (χ3n) is 2.82. The number of nitrogens with two attached hydrogens (primary N) is 1. The molecule has 0 aliphatic rings. The van der Waals surface area contributed by atoms with Crippen LogP contribution in [0.3, 0.4) is 0 Å². The topological polar surface area (TPSA) is 59.1 Å². The molecule has 1 atom stereocenters. The van der Waals surface area contributed by atoms with Gasteiger partial charge in [0.05, 0.1) is 17.2 Å². The van der Waals surface area contributed by atoms with Crippen molar-refractivity contribution in [2.75, 3.05) is 12.4 Å². The smallest absolute Gasteiger partial charge is 0.115 e. The Labute approximate surface area is 121 Å². The standard InChI is InChI=1S/C14H15ClN2OS/c15-12-7-4-8-17-13(12)19-10-14(16,9-18)11-5-2-1-3-6-11/h1-8,18H,9-10,16H2.